The van der Waals surface area contributed by atoms with E-state index in [1.807, 2.05) is 0 Å². The Labute approximate surface area is 64.7 Å². The lowest BCUT2D eigenvalue weighted by atomic mass is 10.1. The van der Waals surface area contributed by atoms with Crippen LogP contribution in [0.4, 0.5) is 8.78 Å². The lowest BCUT2D eigenvalue weighted by Gasteiger charge is -2.11. The molecule has 0 unspecified atom stereocenters. The first-order valence-corrected chi connectivity index (χ1v) is 4.04. The van der Waals surface area contributed by atoms with Gasteiger partial charge in [0.25, 0.3) is 6.08 Å². The zero-order valence-corrected chi connectivity index (χ0v) is 6.32. The van der Waals surface area contributed by atoms with Crippen LogP contribution in [0.15, 0.2) is 11.7 Å². The summed E-state index contributed by atoms with van der Waals surface area (Å²) in [5.41, 5.74) is 0.370. The maximum Gasteiger partial charge on any atom is 0.270 e. The minimum absolute atomic E-state index is 0.370. The van der Waals surface area contributed by atoms with Crippen molar-refractivity contribution >= 4 is 0 Å². The van der Waals surface area contributed by atoms with Gasteiger partial charge in [0.15, 0.2) is 0 Å². The minimum atomic E-state index is -1.44. The number of nitrogens with zero attached hydrogens (tertiary/aromatic N) is 1. The van der Waals surface area contributed by atoms with Crippen LogP contribution in [0.25, 0.3) is 0 Å². The van der Waals surface area contributed by atoms with E-state index in [1.54, 1.807) is 0 Å². The summed E-state index contributed by atoms with van der Waals surface area (Å²) in [6.07, 6.45) is 1.46. The van der Waals surface area contributed by atoms with Crippen molar-refractivity contribution in [1.29, 1.82) is 0 Å². The van der Waals surface area contributed by atoms with Gasteiger partial charge in [-0.3, -0.25) is 4.90 Å². The van der Waals surface area contributed by atoms with Gasteiger partial charge in [0.1, 0.15) is 0 Å². The molecule has 0 radical (unpaired) electrons. The molecule has 1 atom stereocenters. The zero-order chi connectivity index (χ0) is 7.84. The summed E-state index contributed by atoms with van der Waals surface area (Å²) < 4.78 is 24.2. The Balaban J connectivity index is 2.11. The Morgan fingerprint density at radius 2 is 2.27 bits per heavy atom. The molecule has 0 N–H and O–H groups in total. The van der Waals surface area contributed by atoms with Crippen LogP contribution in [-0.2, 0) is 0 Å². The van der Waals surface area contributed by atoms with Gasteiger partial charge in [-0.2, -0.15) is 8.78 Å². The number of fused-ring (bicyclic) bond motifs is 1. The summed E-state index contributed by atoms with van der Waals surface area (Å²) >= 11 is 0. The lowest BCUT2D eigenvalue weighted by Crippen LogP contribution is -2.21. The average molecular weight is 159 g/mol. The van der Waals surface area contributed by atoms with Crippen molar-refractivity contribution in [3.63, 3.8) is 0 Å². The van der Waals surface area contributed by atoms with E-state index >= 15 is 0 Å². The SMILES string of the molecule is FC(F)=C1C[C@@H]2CCCN2C1. The van der Waals surface area contributed by atoms with Gasteiger partial charge in [-0.25, -0.2) is 0 Å². The van der Waals surface area contributed by atoms with Crippen molar-refractivity contribution in [2.45, 2.75) is 25.3 Å². The van der Waals surface area contributed by atoms with Crippen molar-refractivity contribution in [3.8, 4) is 0 Å². The maximum atomic E-state index is 12.1. The van der Waals surface area contributed by atoms with Gasteiger partial charge in [-0.1, -0.05) is 0 Å². The van der Waals surface area contributed by atoms with Crippen molar-refractivity contribution in [3.05, 3.63) is 11.7 Å². The van der Waals surface area contributed by atoms with Crippen LogP contribution in [0.3, 0.4) is 0 Å². The summed E-state index contributed by atoms with van der Waals surface area (Å²) in [4.78, 5) is 2.16. The van der Waals surface area contributed by atoms with E-state index < -0.39 is 6.08 Å². The molecule has 0 aromatic heterocycles. The molecule has 0 amide bonds. The molecule has 0 saturated carbocycles. The molecule has 2 heterocycles. The van der Waals surface area contributed by atoms with E-state index in [0.29, 0.717) is 24.6 Å². The summed E-state index contributed by atoms with van der Waals surface area (Å²) in [5.74, 6) is 0. The number of halogens is 2. The Bertz CT molecular complexity index is 182. The second-order valence-corrected chi connectivity index (χ2v) is 3.33. The van der Waals surface area contributed by atoms with E-state index in [0.717, 1.165) is 13.0 Å². The lowest BCUT2D eigenvalue weighted by molar-refractivity contribution is 0.326. The third kappa shape index (κ3) is 1.18. The second-order valence-electron chi connectivity index (χ2n) is 3.33. The molecule has 2 saturated heterocycles. The molecule has 0 spiro atoms. The molecule has 2 aliphatic rings. The van der Waals surface area contributed by atoms with Crippen molar-refractivity contribution in [1.82, 2.24) is 4.90 Å². The monoisotopic (exact) mass is 159 g/mol. The normalized spacial score (nSPS) is 31.1. The summed E-state index contributed by atoms with van der Waals surface area (Å²) in [6.45, 7) is 1.54. The van der Waals surface area contributed by atoms with Gasteiger partial charge in [0.05, 0.1) is 0 Å². The van der Waals surface area contributed by atoms with Crippen molar-refractivity contribution < 1.29 is 8.78 Å². The van der Waals surface area contributed by atoms with Crippen LogP contribution in [0, 0.1) is 0 Å². The first kappa shape index (κ1) is 7.22. The molecule has 62 valence electrons. The number of hydrogen-bond acceptors (Lipinski definition) is 1. The fourth-order valence-corrected chi connectivity index (χ4v) is 2.07. The standard InChI is InChI=1S/C8H11F2N/c9-8(10)6-4-7-2-1-3-11(7)5-6/h7H,1-5H2/t7-/m0/s1. The van der Waals surface area contributed by atoms with Crippen LogP contribution >= 0.6 is 0 Å². The smallest absolute Gasteiger partial charge is 0.270 e. The molecule has 2 fully saturated rings. The van der Waals surface area contributed by atoms with Crippen LogP contribution in [0.2, 0.25) is 0 Å². The molecule has 0 aliphatic carbocycles. The molecule has 0 aromatic carbocycles. The van der Waals surface area contributed by atoms with Gasteiger partial charge in [-0.15, -0.1) is 0 Å². The molecule has 2 aliphatic heterocycles. The van der Waals surface area contributed by atoms with E-state index in [-0.39, 0.29) is 0 Å². The first-order valence-electron chi connectivity index (χ1n) is 4.04. The Morgan fingerprint density at radius 1 is 1.45 bits per heavy atom. The van der Waals surface area contributed by atoms with Gasteiger partial charge >= 0.3 is 0 Å². The van der Waals surface area contributed by atoms with Gasteiger partial charge in [0.2, 0.25) is 0 Å². The molecular formula is C8H11F2N. The number of rotatable bonds is 0. The summed E-state index contributed by atoms with van der Waals surface area (Å²) in [7, 11) is 0. The predicted octanol–water partition coefficient (Wildman–Crippen LogP) is 2.01. The highest BCUT2D eigenvalue weighted by Crippen LogP contribution is 2.32. The molecule has 1 nitrogen and oxygen atoms in total. The second kappa shape index (κ2) is 2.55. The zero-order valence-electron chi connectivity index (χ0n) is 6.32. The van der Waals surface area contributed by atoms with Gasteiger partial charge in [-0.05, 0) is 25.8 Å². The maximum absolute atomic E-state index is 12.1. The third-order valence-corrected chi connectivity index (χ3v) is 2.64. The van der Waals surface area contributed by atoms with Crippen molar-refractivity contribution in [2.24, 2.45) is 0 Å². The fourth-order valence-electron chi connectivity index (χ4n) is 2.07. The highest BCUT2D eigenvalue weighted by Gasteiger charge is 2.33. The Morgan fingerprint density at radius 3 is 2.91 bits per heavy atom. The Kier molecular flexibility index (Phi) is 1.68. The van der Waals surface area contributed by atoms with Crippen LogP contribution in [0.1, 0.15) is 19.3 Å². The third-order valence-electron chi connectivity index (χ3n) is 2.64. The quantitative estimate of drug-likeness (QED) is 0.522. The van der Waals surface area contributed by atoms with E-state index in [4.69, 9.17) is 0 Å². The molecule has 0 bridgehead atoms. The summed E-state index contributed by atoms with van der Waals surface area (Å²) in [6, 6.07) is 0.437. The largest absolute Gasteiger partial charge is 0.296 e. The van der Waals surface area contributed by atoms with E-state index in [2.05, 4.69) is 4.90 Å². The molecule has 11 heavy (non-hydrogen) atoms. The van der Waals surface area contributed by atoms with Crippen LogP contribution < -0.4 is 0 Å². The predicted molar refractivity (Wildman–Crippen MR) is 38.5 cm³/mol. The highest BCUT2D eigenvalue weighted by atomic mass is 19.3. The average Bonchev–Trinajstić information content (AvgIpc) is 2.40. The molecule has 2 rings (SSSR count). The van der Waals surface area contributed by atoms with E-state index in [1.165, 1.54) is 6.42 Å². The van der Waals surface area contributed by atoms with E-state index in [9.17, 15) is 8.78 Å². The summed E-state index contributed by atoms with van der Waals surface area (Å²) in [5, 5.41) is 0. The molecular weight excluding hydrogens is 148 g/mol. The molecule has 0 aromatic rings. The van der Waals surface area contributed by atoms with Crippen LogP contribution in [-0.4, -0.2) is 24.0 Å². The highest BCUT2D eigenvalue weighted by molar-refractivity contribution is 5.14. The van der Waals surface area contributed by atoms with Gasteiger partial charge in [0, 0.05) is 18.2 Å². The van der Waals surface area contributed by atoms with Crippen LogP contribution in [0.5, 0.6) is 0 Å². The first-order chi connectivity index (χ1) is 5.27. The van der Waals surface area contributed by atoms with Crippen molar-refractivity contribution in [2.75, 3.05) is 13.1 Å². The molecule has 3 heteroatoms. The topological polar surface area (TPSA) is 3.24 Å². The minimum Gasteiger partial charge on any atom is -0.296 e. The van der Waals surface area contributed by atoms with Gasteiger partial charge < -0.3 is 0 Å². The Hall–Kier alpha value is -0.440. The number of hydrogen-bond donors (Lipinski definition) is 0. The fraction of sp³-hybridized carbons (Fsp3) is 0.750.